The number of allylic oxidation sites excluding steroid dienone is 4. The molecule has 0 heterocycles. The zero-order valence-corrected chi connectivity index (χ0v) is 4.31. The van der Waals surface area contributed by atoms with Gasteiger partial charge in [-0.05, 0) is 35.5 Å². The highest BCUT2D eigenvalue weighted by Crippen LogP contribution is 2.18. The van der Waals surface area contributed by atoms with Crippen molar-refractivity contribution in [2.45, 2.75) is 0 Å². The molecule has 2 aliphatic rings. The van der Waals surface area contributed by atoms with Crippen molar-refractivity contribution in [3.05, 3.63) is 46.9 Å². The largest absolute Gasteiger partial charge is 0.119 e. The third kappa shape index (κ3) is 0.313. The highest BCUT2D eigenvalue weighted by Gasteiger charge is 2.01. The summed E-state index contributed by atoms with van der Waals surface area (Å²) in [6, 6.07) is 0. The van der Waals surface area contributed by atoms with Crippen molar-refractivity contribution in [3.63, 3.8) is 0 Å². The molecule has 0 heteroatoms. The van der Waals surface area contributed by atoms with E-state index in [0.717, 1.165) is 0 Å². The van der Waals surface area contributed by atoms with E-state index in [4.69, 9.17) is 0 Å². The molecule has 0 unspecified atom stereocenters. The summed E-state index contributed by atoms with van der Waals surface area (Å²) >= 11 is 0. The Morgan fingerprint density at radius 2 is 1.12 bits per heavy atom. The summed E-state index contributed by atoms with van der Waals surface area (Å²) < 4.78 is 0. The van der Waals surface area contributed by atoms with Crippen LogP contribution in [0.15, 0.2) is 46.9 Å². The predicted molar refractivity (Wildman–Crippen MR) is 32.3 cm³/mol. The summed E-state index contributed by atoms with van der Waals surface area (Å²) in [6.45, 7) is 0. The molecular formula is C8H4. The maximum absolute atomic E-state index is 2.93. The molecule has 0 spiro atoms. The van der Waals surface area contributed by atoms with Crippen LogP contribution < -0.4 is 0 Å². The lowest BCUT2D eigenvalue weighted by molar-refractivity contribution is 1.49. The molecule has 0 aromatic carbocycles. The molecule has 0 radical (unpaired) electrons. The van der Waals surface area contributed by atoms with Crippen molar-refractivity contribution in [1.82, 2.24) is 0 Å². The molecule has 0 nitrogen and oxygen atoms in total. The summed E-state index contributed by atoms with van der Waals surface area (Å²) in [6.07, 6.45) is 7.90. The first-order valence-corrected chi connectivity index (χ1v) is 2.56. The Kier molecular flexibility index (Phi) is 0.532. The average molecular weight is 100 g/mol. The Bertz CT molecular complexity index is 225. The first-order chi connectivity index (χ1) is 3.97. The van der Waals surface area contributed by atoms with Crippen LogP contribution in [-0.4, -0.2) is 0 Å². The van der Waals surface area contributed by atoms with Crippen molar-refractivity contribution < 1.29 is 0 Å². The van der Waals surface area contributed by atoms with Crippen LogP contribution in [0, 0.1) is 0 Å². The Balaban J connectivity index is 2.41. The van der Waals surface area contributed by atoms with Crippen LogP contribution in [0.5, 0.6) is 0 Å². The second-order valence-corrected chi connectivity index (χ2v) is 1.82. The van der Waals surface area contributed by atoms with Gasteiger partial charge in [0.2, 0.25) is 0 Å². The summed E-state index contributed by atoms with van der Waals surface area (Å²) in [4.78, 5) is 0. The monoisotopic (exact) mass is 100 g/mol. The van der Waals surface area contributed by atoms with Crippen LogP contribution in [0.2, 0.25) is 0 Å². The minimum atomic E-state index is 1.28. The lowest BCUT2D eigenvalue weighted by atomic mass is 9.99. The second kappa shape index (κ2) is 1.14. The zero-order chi connectivity index (χ0) is 5.40. The smallest absolute Gasteiger partial charge is 0.00172 e. The zero-order valence-electron chi connectivity index (χ0n) is 4.31. The Morgan fingerprint density at radius 3 is 1.25 bits per heavy atom. The van der Waals surface area contributed by atoms with Crippen LogP contribution in [0.25, 0.3) is 0 Å². The highest BCUT2D eigenvalue weighted by atomic mass is 14.0. The number of hydrogen-bond acceptors (Lipinski definition) is 0. The maximum Gasteiger partial charge on any atom is -0.00172 e. The van der Waals surface area contributed by atoms with Crippen molar-refractivity contribution in [1.29, 1.82) is 0 Å². The van der Waals surface area contributed by atoms with Gasteiger partial charge >= 0.3 is 0 Å². The molecule has 0 atom stereocenters. The third-order valence-electron chi connectivity index (χ3n) is 1.29. The van der Waals surface area contributed by atoms with E-state index in [1.165, 1.54) is 11.1 Å². The molecule has 0 fully saturated rings. The van der Waals surface area contributed by atoms with E-state index >= 15 is 0 Å². The molecule has 0 saturated carbocycles. The van der Waals surface area contributed by atoms with Gasteiger partial charge < -0.3 is 0 Å². The minimum absolute atomic E-state index is 1.28. The van der Waals surface area contributed by atoms with Crippen LogP contribution in [0.3, 0.4) is 0 Å². The SMILES string of the molecule is C1=CC(=C2C=C=C2)C=1. The predicted octanol–water partition coefficient (Wildman–Crippen LogP) is 1.73. The summed E-state index contributed by atoms with van der Waals surface area (Å²) in [5.74, 6) is 0. The lowest BCUT2D eigenvalue weighted by Gasteiger charge is -2.04. The van der Waals surface area contributed by atoms with Crippen LogP contribution in [0.1, 0.15) is 0 Å². The van der Waals surface area contributed by atoms with E-state index in [2.05, 4.69) is 11.5 Å². The van der Waals surface area contributed by atoms with Gasteiger partial charge in [-0.1, -0.05) is 0 Å². The Labute approximate surface area is 47.8 Å². The van der Waals surface area contributed by atoms with Gasteiger partial charge in [0.25, 0.3) is 0 Å². The van der Waals surface area contributed by atoms with Gasteiger partial charge in [-0.25, -0.2) is 0 Å². The Hall–Kier alpha value is -1.22. The number of hydrogen-bond donors (Lipinski definition) is 0. The van der Waals surface area contributed by atoms with E-state index in [0.29, 0.717) is 0 Å². The van der Waals surface area contributed by atoms with Crippen LogP contribution in [0.4, 0.5) is 0 Å². The van der Waals surface area contributed by atoms with Crippen LogP contribution in [-0.2, 0) is 0 Å². The molecular weight excluding hydrogens is 96.1 g/mol. The van der Waals surface area contributed by atoms with Gasteiger partial charge in [0.05, 0.1) is 0 Å². The molecule has 36 valence electrons. The fraction of sp³-hybridized carbons (Fsp3) is 0. The van der Waals surface area contributed by atoms with Crippen molar-refractivity contribution in [2.75, 3.05) is 0 Å². The van der Waals surface area contributed by atoms with Gasteiger partial charge in [-0.2, -0.15) is 0 Å². The molecule has 2 rings (SSSR count). The minimum Gasteiger partial charge on any atom is -0.119 e. The second-order valence-electron chi connectivity index (χ2n) is 1.82. The average Bonchev–Trinajstić information content (AvgIpc) is 1.47. The topological polar surface area (TPSA) is 0 Å². The summed E-state index contributed by atoms with van der Waals surface area (Å²) in [7, 11) is 0. The molecule has 0 aliphatic heterocycles. The van der Waals surface area contributed by atoms with Gasteiger partial charge in [0, 0.05) is 0 Å². The molecule has 0 saturated heterocycles. The van der Waals surface area contributed by atoms with E-state index in [1.54, 1.807) is 0 Å². The fourth-order valence-electron chi connectivity index (χ4n) is 0.667. The summed E-state index contributed by atoms with van der Waals surface area (Å²) in [5.41, 5.74) is 8.43. The normalized spacial score (nSPS) is 19.0. The van der Waals surface area contributed by atoms with Gasteiger partial charge in [-0.15, -0.1) is 11.5 Å². The number of rotatable bonds is 0. The van der Waals surface area contributed by atoms with Crippen molar-refractivity contribution >= 4 is 0 Å². The van der Waals surface area contributed by atoms with E-state index in [-0.39, 0.29) is 0 Å². The third-order valence-corrected chi connectivity index (χ3v) is 1.29. The molecule has 0 bridgehead atoms. The maximum atomic E-state index is 2.93. The van der Waals surface area contributed by atoms with E-state index < -0.39 is 0 Å². The molecule has 0 aromatic heterocycles. The van der Waals surface area contributed by atoms with Gasteiger partial charge in [-0.3, -0.25) is 0 Å². The standard InChI is InChI=1S/C8H4/c1-3-7(4-1)8-5-2-6-8/h3-6H. The highest BCUT2D eigenvalue weighted by molar-refractivity contribution is 5.54. The quantitative estimate of drug-likeness (QED) is 0.407. The fourth-order valence-corrected chi connectivity index (χ4v) is 0.667. The first kappa shape index (κ1) is 3.74. The Morgan fingerprint density at radius 1 is 0.750 bits per heavy atom. The van der Waals surface area contributed by atoms with Gasteiger partial charge in [0.15, 0.2) is 0 Å². The first-order valence-electron chi connectivity index (χ1n) is 2.56. The van der Waals surface area contributed by atoms with Crippen LogP contribution >= 0.6 is 0 Å². The van der Waals surface area contributed by atoms with E-state index in [1.807, 2.05) is 24.3 Å². The molecule has 8 heavy (non-hydrogen) atoms. The molecule has 0 N–H and O–H groups in total. The lowest BCUT2D eigenvalue weighted by Crippen LogP contribution is -1.86. The molecule has 2 aliphatic carbocycles. The van der Waals surface area contributed by atoms with Crippen molar-refractivity contribution in [2.24, 2.45) is 0 Å². The molecule has 0 amide bonds. The van der Waals surface area contributed by atoms with Crippen molar-refractivity contribution in [3.8, 4) is 0 Å². The molecule has 0 aromatic rings. The summed E-state index contributed by atoms with van der Waals surface area (Å²) in [5, 5.41) is 0. The van der Waals surface area contributed by atoms with Gasteiger partial charge in [0.1, 0.15) is 0 Å². The van der Waals surface area contributed by atoms with E-state index in [9.17, 15) is 0 Å².